The van der Waals surface area contributed by atoms with Crippen molar-refractivity contribution >= 4 is 38.3 Å². The molecule has 5 rings (SSSR count). The molecule has 39 heavy (non-hydrogen) atoms. The van der Waals surface area contributed by atoms with Gasteiger partial charge in [0.1, 0.15) is 43.0 Å². The molecule has 10 atom stereocenters. The predicted octanol–water partition coefficient (Wildman–Crippen LogP) is -2.29. The summed E-state index contributed by atoms with van der Waals surface area (Å²) in [4.78, 5) is 15.6. The molecule has 2 unspecified atom stereocenters. The molecule has 2 aromatic heterocycles. The number of benzene rings is 1. The number of hydrogen-bond acceptors (Lipinski definition) is 13. The number of aryl methyl sites for hydroxylation is 1. The molecule has 3 aromatic rings. The molecule has 2 fully saturated rings. The molecular formula is C23H32N6O9S. The van der Waals surface area contributed by atoms with Crippen molar-refractivity contribution in [1.82, 2.24) is 14.6 Å². The molecule has 16 heteroatoms. The highest BCUT2D eigenvalue weighted by atomic mass is 32.1. The molecule has 0 spiro atoms. The van der Waals surface area contributed by atoms with E-state index in [0.717, 1.165) is 4.96 Å². The number of ether oxygens (including phenoxy) is 2. The average molecular weight is 569 g/mol. The molecule has 1 saturated heterocycles. The van der Waals surface area contributed by atoms with Crippen LogP contribution < -0.4 is 11.5 Å². The number of carboxylic acid groups (broad SMARTS) is 1. The fraction of sp³-hybridized carbons (Fsp3) is 0.565. The van der Waals surface area contributed by atoms with E-state index in [9.17, 15) is 30.3 Å². The minimum atomic E-state index is -1.74. The second-order valence-electron chi connectivity index (χ2n) is 9.56. The Morgan fingerprint density at radius 1 is 1.15 bits per heavy atom. The summed E-state index contributed by atoms with van der Waals surface area (Å²) in [5, 5.41) is 65.7. The Balaban J connectivity index is 0.000000223. The van der Waals surface area contributed by atoms with Gasteiger partial charge in [-0.3, -0.25) is 9.39 Å². The van der Waals surface area contributed by atoms with Crippen LogP contribution in [-0.2, 0) is 14.3 Å². The summed E-state index contributed by atoms with van der Waals surface area (Å²) >= 11 is 1.67. The maximum Gasteiger partial charge on any atom is 0.370 e. The average Bonchev–Trinajstić information content (AvgIpc) is 3.49. The predicted molar refractivity (Wildman–Crippen MR) is 138 cm³/mol. The number of aliphatic imine (C=N–C) groups is 1. The fourth-order valence-corrected chi connectivity index (χ4v) is 5.61. The highest BCUT2D eigenvalue weighted by molar-refractivity contribution is 7.23. The van der Waals surface area contributed by atoms with E-state index in [1.54, 1.807) is 24.6 Å². The summed E-state index contributed by atoms with van der Waals surface area (Å²) in [6.07, 6.45) is -9.91. The van der Waals surface area contributed by atoms with E-state index in [4.69, 9.17) is 26.0 Å². The van der Waals surface area contributed by atoms with Crippen LogP contribution in [0.5, 0.6) is 0 Å². The van der Waals surface area contributed by atoms with Gasteiger partial charge in [0.15, 0.2) is 6.29 Å². The van der Waals surface area contributed by atoms with Crippen molar-refractivity contribution in [2.24, 2.45) is 16.5 Å². The number of nitrogens with two attached hydrogens (primary N) is 2. The van der Waals surface area contributed by atoms with Crippen LogP contribution in [0.15, 0.2) is 29.5 Å². The first-order chi connectivity index (χ1) is 18.4. The first-order valence-electron chi connectivity index (χ1n) is 12.1. The van der Waals surface area contributed by atoms with Crippen LogP contribution in [0.1, 0.15) is 18.9 Å². The highest BCUT2D eigenvalue weighted by Crippen LogP contribution is 2.29. The van der Waals surface area contributed by atoms with Gasteiger partial charge in [-0.25, -0.2) is 4.79 Å². The summed E-state index contributed by atoms with van der Waals surface area (Å²) in [6.45, 7) is 3.70. The Hall–Kier alpha value is -2.80. The van der Waals surface area contributed by atoms with Crippen LogP contribution in [0.3, 0.4) is 0 Å². The van der Waals surface area contributed by atoms with E-state index in [1.807, 2.05) is 4.40 Å². The van der Waals surface area contributed by atoms with E-state index in [2.05, 4.69) is 40.3 Å². The van der Waals surface area contributed by atoms with Crippen LogP contribution in [0.2, 0.25) is 0 Å². The van der Waals surface area contributed by atoms with Gasteiger partial charge in [0.05, 0.1) is 28.4 Å². The van der Waals surface area contributed by atoms with Gasteiger partial charge in [-0.1, -0.05) is 23.5 Å². The van der Waals surface area contributed by atoms with Gasteiger partial charge >= 0.3 is 5.97 Å². The second kappa shape index (κ2) is 11.7. The molecule has 0 bridgehead atoms. The summed E-state index contributed by atoms with van der Waals surface area (Å²) in [5.74, 6) is -1.96. The van der Waals surface area contributed by atoms with Gasteiger partial charge in [-0.2, -0.15) is 0 Å². The van der Waals surface area contributed by atoms with Crippen molar-refractivity contribution in [3.8, 4) is 0 Å². The zero-order valence-electron chi connectivity index (χ0n) is 21.0. The number of aliphatic hydroxyl groups is 5. The third-order valence-corrected chi connectivity index (χ3v) is 7.81. The number of aliphatic hydroxyl groups excluding tert-OH is 5. The molecule has 1 aromatic carbocycles. The number of aromatic nitrogens is 3. The lowest BCUT2D eigenvalue weighted by molar-refractivity contribution is -0.293. The third kappa shape index (κ3) is 5.88. The molecule has 10 N–H and O–H groups in total. The molecule has 2 aliphatic rings. The van der Waals surface area contributed by atoms with Gasteiger partial charge in [0.2, 0.25) is 10.8 Å². The van der Waals surface area contributed by atoms with E-state index < -0.39 is 72.9 Å². The van der Waals surface area contributed by atoms with Crippen molar-refractivity contribution in [2.75, 3.05) is 0 Å². The number of rotatable bonds is 3. The molecule has 0 radical (unpaired) electrons. The number of para-hydroxylation sites is 1. The topological polar surface area (TPSA) is 251 Å². The van der Waals surface area contributed by atoms with E-state index in [-0.39, 0.29) is 6.42 Å². The monoisotopic (exact) mass is 568 g/mol. The molecule has 214 valence electrons. The maximum absolute atomic E-state index is 10.8. The van der Waals surface area contributed by atoms with Gasteiger partial charge in [-0.05, 0) is 31.9 Å². The largest absolute Gasteiger partial charge is 0.475 e. The minimum absolute atomic E-state index is 0.145. The number of aliphatic carboxylic acids is 1. The number of carbonyl (C=O) groups is 1. The molecule has 15 nitrogen and oxygen atoms in total. The van der Waals surface area contributed by atoms with Crippen LogP contribution in [0, 0.1) is 6.92 Å². The fourth-order valence-electron chi connectivity index (χ4n) is 4.59. The number of carboxylic acids is 1. The Bertz CT molecular complexity index is 1320. The van der Waals surface area contributed by atoms with E-state index in [1.165, 1.54) is 15.8 Å². The number of hydrogen-bond donors (Lipinski definition) is 8. The smallest absolute Gasteiger partial charge is 0.370 e. The molecule has 1 aliphatic carbocycles. The van der Waals surface area contributed by atoms with Crippen molar-refractivity contribution in [2.45, 2.75) is 81.4 Å². The lowest BCUT2D eigenvalue weighted by Gasteiger charge is -2.45. The Kier molecular flexibility index (Phi) is 8.79. The number of nitrogens with zero attached hydrogens (tertiary/aromatic N) is 4. The van der Waals surface area contributed by atoms with Crippen molar-refractivity contribution in [3.63, 3.8) is 0 Å². The first kappa shape index (κ1) is 29.2. The molecule has 1 aliphatic heterocycles. The molecule has 1 saturated carbocycles. The van der Waals surface area contributed by atoms with E-state index in [0.29, 0.717) is 0 Å². The maximum atomic E-state index is 10.8. The van der Waals surface area contributed by atoms with Gasteiger partial charge in [0.25, 0.3) is 0 Å². The molecule has 3 heterocycles. The van der Waals surface area contributed by atoms with Gasteiger partial charge < -0.3 is 51.6 Å². The SMILES string of the molecule is C[C@H]1O[C@H](OC2[C@@H](O)[C@@H](O)C(O)[C@H](O)[C@H]2O)[C@@H](N)C[C@@H]1N=C(N)C(=O)O.Cc1cccc2sc3nncn3c12. The van der Waals surface area contributed by atoms with Crippen LogP contribution in [0.25, 0.3) is 15.2 Å². The summed E-state index contributed by atoms with van der Waals surface area (Å²) in [6, 6.07) is 4.83. The summed E-state index contributed by atoms with van der Waals surface area (Å²) in [7, 11) is 0. The quantitative estimate of drug-likeness (QED) is 0.123. The third-order valence-electron chi connectivity index (χ3n) is 6.80. The first-order valence-corrected chi connectivity index (χ1v) is 12.9. The van der Waals surface area contributed by atoms with Crippen molar-refractivity contribution in [3.05, 3.63) is 30.1 Å². The second-order valence-corrected chi connectivity index (χ2v) is 10.6. The lowest BCUT2D eigenvalue weighted by Crippen LogP contribution is -2.66. The van der Waals surface area contributed by atoms with Crippen molar-refractivity contribution < 1.29 is 44.9 Å². The number of amidine groups is 1. The number of thiazole rings is 1. The lowest BCUT2D eigenvalue weighted by atomic mass is 9.84. The normalized spacial score (nSPS) is 35.5. The van der Waals surface area contributed by atoms with Gasteiger partial charge in [0, 0.05) is 0 Å². The zero-order valence-corrected chi connectivity index (χ0v) is 21.9. The van der Waals surface area contributed by atoms with E-state index >= 15 is 0 Å². The standard InChI is InChI=1S/C14H25N3O9.C9H7N3S/c1-3-5(17-12(16)13(23)24)2-4(15)14(25-3)26-11-9(21)7(19)6(18)8(20)10(11)22;1-6-3-2-4-7-8(6)12-5-10-11-9(12)13-7/h3-11,14,18-22H,2,15H2,1H3,(H2,16,17)(H,23,24);2-5H,1H3/t3-,4+,5+,6?,7+,8+,9-,10+,11?,14-;/m1./s1. The Morgan fingerprint density at radius 3 is 2.44 bits per heavy atom. The molecular weight excluding hydrogens is 536 g/mol. The van der Waals surface area contributed by atoms with Crippen LogP contribution in [0.4, 0.5) is 0 Å². The molecule has 0 amide bonds. The zero-order chi connectivity index (χ0) is 28.6. The Morgan fingerprint density at radius 2 is 1.79 bits per heavy atom. The van der Waals surface area contributed by atoms with Crippen molar-refractivity contribution in [1.29, 1.82) is 0 Å². The highest BCUT2D eigenvalue weighted by Gasteiger charge is 2.50. The Labute approximate surface area is 225 Å². The summed E-state index contributed by atoms with van der Waals surface area (Å²) < 4.78 is 14.3. The number of fused-ring (bicyclic) bond motifs is 3. The van der Waals surface area contributed by atoms with Gasteiger partial charge in [-0.15, -0.1) is 10.2 Å². The summed E-state index contributed by atoms with van der Waals surface area (Å²) in [5.41, 5.74) is 13.7. The van der Waals surface area contributed by atoms with Crippen LogP contribution >= 0.6 is 11.3 Å². The van der Waals surface area contributed by atoms with Crippen LogP contribution in [-0.4, -0.2) is 118 Å². The minimum Gasteiger partial charge on any atom is -0.475 e.